The van der Waals surface area contributed by atoms with Gasteiger partial charge in [0.25, 0.3) is 10.0 Å². The fourth-order valence-electron chi connectivity index (χ4n) is 3.77. The van der Waals surface area contributed by atoms with Crippen LogP contribution in [0.5, 0.6) is 0 Å². The van der Waals surface area contributed by atoms with Crippen LogP contribution in [0.25, 0.3) is 0 Å². The van der Waals surface area contributed by atoms with Crippen molar-refractivity contribution in [2.45, 2.75) is 38.1 Å². The number of benzene rings is 1. The number of piperidine rings is 1. The molecule has 0 radical (unpaired) electrons. The molecule has 0 saturated carbocycles. The van der Waals surface area contributed by atoms with Crippen molar-refractivity contribution >= 4 is 21.8 Å². The Morgan fingerprint density at radius 3 is 2.59 bits per heavy atom. The Hall–Kier alpha value is -2.35. The maximum atomic E-state index is 12.5. The Morgan fingerprint density at radius 2 is 2.00 bits per heavy atom. The van der Waals surface area contributed by atoms with Gasteiger partial charge >= 0.3 is 6.09 Å². The molecule has 1 fully saturated rings. The average Bonchev–Trinajstić information content (AvgIpc) is 2.65. The van der Waals surface area contributed by atoms with Crippen LogP contribution in [0.15, 0.2) is 46.4 Å². The second-order valence-corrected chi connectivity index (χ2v) is 9.23. The van der Waals surface area contributed by atoms with Gasteiger partial charge in [-0.15, -0.1) is 0 Å². The van der Waals surface area contributed by atoms with Crippen LogP contribution in [-0.2, 0) is 14.8 Å². The highest BCUT2D eigenvalue weighted by molar-refractivity contribution is 7.89. The first-order valence-electron chi connectivity index (χ1n) is 8.82. The summed E-state index contributed by atoms with van der Waals surface area (Å²) in [7, 11) is -2.37. The van der Waals surface area contributed by atoms with Gasteiger partial charge < -0.3 is 9.64 Å². The molecule has 1 aromatic carbocycles. The third kappa shape index (κ3) is 3.85. The SMILES string of the molecule is COC(=O)N1CC2(C)C=CC1C(/C(C)=N\NS(=O)(=O)c1ccc(C)cc1)C2. The van der Waals surface area contributed by atoms with E-state index in [9.17, 15) is 13.2 Å². The van der Waals surface area contributed by atoms with Crippen LogP contribution in [-0.4, -0.2) is 44.8 Å². The fourth-order valence-corrected chi connectivity index (χ4v) is 4.64. The smallest absolute Gasteiger partial charge is 0.410 e. The number of fused-ring (bicyclic) bond motifs is 2. The van der Waals surface area contributed by atoms with Gasteiger partial charge in [0.2, 0.25) is 0 Å². The molecule has 1 aromatic rings. The minimum absolute atomic E-state index is 0.0754. The van der Waals surface area contributed by atoms with Crippen LogP contribution in [0.2, 0.25) is 0 Å². The molecule has 1 N–H and O–H groups in total. The lowest BCUT2D eigenvalue weighted by molar-refractivity contribution is 0.0476. The number of methoxy groups -OCH3 is 1. The molecule has 2 aliphatic heterocycles. The van der Waals surface area contributed by atoms with E-state index in [2.05, 4.69) is 22.9 Å². The summed E-state index contributed by atoms with van der Waals surface area (Å²) in [4.78, 5) is 16.3. The summed E-state index contributed by atoms with van der Waals surface area (Å²) in [6.45, 7) is 6.34. The van der Waals surface area contributed by atoms with E-state index in [1.807, 2.05) is 13.0 Å². The lowest BCUT2D eigenvalue weighted by atomic mass is 9.67. The van der Waals surface area contributed by atoms with E-state index in [0.29, 0.717) is 12.3 Å². The van der Waals surface area contributed by atoms with Gasteiger partial charge in [0, 0.05) is 23.6 Å². The number of hydrogen-bond acceptors (Lipinski definition) is 5. The highest BCUT2D eigenvalue weighted by atomic mass is 32.2. The van der Waals surface area contributed by atoms with Crippen molar-refractivity contribution in [1.29, 1.82) is 0 Å². The maximum Gasteiger partial charge on any atom is 0.410 e. The molecule has 2 bridgehead atoms. The molecule has 0 aromatic heterocycles. The first-order chi connectivity index (χ1) is 12.6. The number of nitrogens with zero attached hydrogens (tertiary/aromatic N) is 2. The number of carbonyl (C=O) groups is 1. The molecule has 4 rings (SSSR count). The predicted molar refractivity (Wildman–Crippen MR) is 103 cm³/mol. The number of hydrazone groups is 1. The van der Waals surface area contributed by atoms with Crippen molar-refractivity contribution in [3.63, 3.8) is 0 Å². The number of carbonyl (C=O) groups excluding carboxylic acids is 1. The monoisotopic (exact) mass is 391 g/mol. The summed E-state index contributed by atoms with van der Waals surface area (Å²) in [6, 6.07) is 6.39. The molecule has 0 spiro atoms. The van der Waals surface area contributed by atoms with E-state index in [-0.39, 0.29) is 28.4 Å². The zero-order chi connectivity index (χ0) is 19.8. The van der Waals surface area contributed by atoms with Gasteiger partial charge in [-0.2, -0.15) is 13.5 Å². The van der Waals surface area contributed by atoms with Crippen molar-refractivity contribution in [2.24, 2.45) is 16.4 Å². The molecule has 8 heteroatoms. The number of ether oxygens (including phenoxy) is 1. The highest BCUT2D eigenvalue weighted by Crippen LogP contribution is 2.43. The second-order valence-electron chi connectivity index (χ2n) is 7.57. The molecule has 1 saturated heterocycles. The van der Waals surface area contributed by atoms with Crippen LogP contribution in [0.3, 0.4) is 0 Å². The summed E-state index contributed by atoms with van der Waals surface area (Å²) in [5.74, 6) is -0.0754. The summed E-state index contributed by atoms with van der Waals surface area (Å²) in [5, 5.41) is 4.15. The van der Waals surface area contributed by atoms with Crippen LogP contribution in [0.1, 0.15) is 25.8 Å². The van der Waals surface area contributed by atoms with Gasteiger partial charge in [-0.1, -0.05) is 36.8 Å². The number of amides is 1. The minimum Gasteiger partial charge on any atom is -0.453 e. The zero-order valence-electron chi connectivity index (χ0n) is 16.0. The number of nitrogens with one attached hydrogen (secondary N) is 1. The van der Waals surface area contributed by atoms with Gasteiger partial charge in [0.15, 0.2) is 0 Å². The lowest BCUT2D eigenvalue weighted by Gasteiger charge is -2.50. The number of rotatable bonds is 4. The Bertz CT molecular complexity index is 892. The summed E-state index contributed by atoms with van der Waals surface area (Å²) < 4.78 is 29.8. The van der Waals surface area contributed by atoms with Crippen molar-refractivity contribution in [3.8, 4) is 0 Å². The average molecular weight is 391 g/mol. The van der Waals surface area contributed by atoms with Crippen LogP contribution < -0.4 is 4.83 Å². The number of hydrogen-bond donors (Lipinski definition) is 1. The van der Waals surface area contributed by atoms with Crippen LogP contribution >= 0.6 is 0 Å². The van der Waals surface area contributed by atoms with Crippen LogP contribution in [0, 0.1) is 18.3 Å². The molecule has 3 unspecified atom stereocenters. The quantitative estimate of drug-likeness (QED) is 0.486. The van der Waals surface area contributed by atoms with Gasteiger partial charge in [-0.25, -0.2) is 9.63 Å². The van der Waals surface area contributed by atoms with E-state index in [1.165, 1.54) is 7.11 Å². The van der Waals surface area contributed by atoms with Crippen molar-refractivity contribution < 1.29 is 17.9 Å². The molecule has 1 amide bonds. The molecular formula is C19H25N3O4S. The third-order valence-corrected chi connectivity index (χ3v) is 6.53. The summed E-state index contributed by atoms with van der Waals surface area (Å²) >= 11 is 0. The summed E-state index contributed by atoms with van der Waals surface area (Å²) in [5.41, 5.74) is 1.44. The number of sulfonamides is 1. The topological polar surface area (TPSA) is 88.1 Å². The van der Waals surface area contributed by atoms with E-state index in [4.69, 9.17) is 4.74 Å². The minimum atomic E-state index is -3.73. The Labute approximate surface area is 160 Å². The van der Waals surface area contributed by atoms with Gasteiger partial charge in [-0.05, 0) is 32.4 Å². The molecule has 3 aliphatic rings. The Balaban J connectivity index is 1.80. The van der Waals surface area contributed by atoms with E-state index in [1.54, 1.807) is 36.1 Å². The normalized spacial score (nSPS) is 27.6. The first-order valence-corrected chi connectivity index (χ1v) is 10.3. The van der Waals surface area contributed by atoms with Crippen molar-refractivity contribution in [3.05, 3.63) is 42.0 Å². The molecule has 7 nitrogen and oxygen atoms in total. The lowest BCUT2D eigenvalue weighted by Crippen LogP contribution is -2.58. The maximum absolute atomic E-state index is 12.5. The molecule has 146 valence electrons. The van der Waals surface area contributed by atoms with Crippen molar-refractivity contribution in [1.82, 2.24) is 9.73 Å². The molecule has 2 heterocycles. The van der Waals surface area contributed by atoms with Gasteiger partial charge in [0.1, 0.15) is 0 Å². The standard InChI is InChI=1S/C19H25N3O4S/c1-13-5-7-15(8-6-13)27(24,25)21-20-14(2)16-11-19(3)10-9-17(16)22(12-19)18(23)26-4/h5-10,16-17,21H,11-12H2,1-4H3/b20-14-. The largest absolute Gasteiger partial charge is 0.453 e. The molecular weight excluding hydrogens is 366 g/mol. The van der Waals surface area contributed by atoms with Gasteiger partial charge in [-0.3, -0.25) is 0 Å². The Kier molecular flexibility index (Phi) is 5.03. The van der Waals surface area contributed by atoms with Crippen molar-refractivity contribution in [2.75, 3.05) is 13.7 Å². The Morgan fingerprint density at radius 1 is 1.33 bits per heavy atom. The summed E-state index contributed by atoms with van der Waals surface area (Å²) in [6.07, 6.45) is 4.52. The highest BCUT2D eigenvalue weighted by Gasteiger charge is 2.47. The predicted octanol–water partition coefficient (Wildman–Crippen LogP) is 2.68. The number of aryl methyl sites for hydroxylation is 1. The third-order valence-electron chi connectivity index (χ3n) is 5.30. The molecule has 3 atom stereocenters. The van der Waals surface area contributed by atoms with Gasteiger partial charge in [0.05, 0.1) is 18.0 Å². The van der Waals surface area contributed by atoms with Crippen LogP contribution in [0.4, 0.5) is 4.79 Å². The van der Waals surface area contributed by atoms with E-state index < -0.39 is 10.0 Å². The molecule has 1 aliphatic carbocycles. The fraction of sp³-hybridized carbons (Fsp3) is 0.474. The molecule has 27 heavy (non-hydrogen) atoms. The zero-order valence-corrected chi connectivity index (χ0v) is 16.8. The second kappa shape index (κ2) is 6.99. The van der Waals surface area contributed by atoms with E-state index >= 15 is 0 Å². The first kappa shape index (κ1) is 19.4. The van der Waals surface area contributed by atoms with E-state index in [0.717, 1.165) is 12.0 Å².